The number of anilines is 1. The van der Waals surface area contributed by atoms with Crippen LogP contribution in [0.25, 0.3) is 22.6 Å². The molecule has 0 unspecified atom stereocenters. The third-order valence-electron chi connectivity index (χ3n) is 4.33. The van der Waals surface area contributed by atoms with Crippen LogP contribution in [-0.4, -0.2) is 47.2 Å². The van der Waals surface area contributed by atoms with Gasteiger partial charge >= 0.3 is 11.9 Å². The van der Waals surface area contributed by atoms with Crippen LogP contribution in [0.2, 0.25) is 0 Å². The Morgan fingerprint density at radius 2 is 1.73 bits per heavy atom. The van der Waals surface area contributed by atoms with E-state index in [-0.39, 0.29) is 0 Å². The Kier molecular flexibility index (Phi) is 7.37. The number of aliphatic carboxylic acids is 2. The van der Waals surface area contributed by atoms with Gasteiger partial charge in [-0.25, -0.2) is 19.6 Å². The quantitative estimate of drug-likeness (QED) is 0.384. The molecule has 0 saturated heterocycles. The molecule has 0 radical (unpaired) electrons. The van der Waals surface area contributed by atoms with Crippen molar-refractivity contribution in [3.05, 3.63) is 72.1 Å². The molecule has 11 heteroatoms. The first-order valence-corrected chi connectivity index (χ1v) is 9.67. The lowest BCUT2D eigenvalue weighted by molar-refractivity contribution is -0.159. The third kappa shape index (κ3) is 6.17. The summed E-state index contributed by atoms with van der Waals surface area (Å²) in [4.78, 5) is 35.8. The molecule has 4 aromatic rings. The average molecular weight is 448 g/mol. The largest absolute Gasteiger partial charge is 0.473 e. The van der Waals surface area contributed by atoms with E-state index < -0.39 is 11.9 Å². The van der Waals surface area contributed by atoms with Crippen LogP contribution in [0, 0.1) is 13.8 Å². The summed E-state index contributed by atoms with van der Waals surface area (Å²) in [6.45, 7) is 4.44. The Bertz CT molecular complexity index is 1250. The van der Waals surface area contributed by atoms with Gasteiger partial charge in [0.05, 0.1) is 17.0 Å². The van der Waals surface area contributed by atoms with Crippen molar-refractivity contribution in [1.82, 2.24) is 25.1 Å². The standard InChI is InChI=1S/C20H18N6O.C2H2O4/c1-13-10-18(27-26-13)17-12-24-20(23-11-15-5-8-21-9-6-15)25-19(17)16-4-3-7-22-14(16)2;3-1(4)2(5)6/h3-10,12H,11H2,1-2H3,(H,23,24,25);(H,3,4)(H,5,6). The zero-order valence-electron chi connectivity index (χ0n) is 17.8. The monoisotopic (exact) mass is 448 g/mol. The summed E-state index contributed by atoms with van der Waals surface area (Å²) in [5, 5.41) is 22.0. The maximum absolute atomic E-state index is 9.10. The minimum Gasteiger partial charge on any atom is -0.473 e. The van der Waals surface area contributed by atoms with Crippen molar-refractivity contribution in [3.8, 4) is 22.6 Å². The molecule has 0 spiro atoms. The van der Waals surface area contributed by atoms with Crippen molar-refractivity contribution in [3.63, 3.8) is 0 Å². The number of carboxylic acid groups (broad SMARTS) is 2. The lowest BCUT2D eigenvalue weighted by Gasteiger charge is -2.11. The van der Waals surface area contributed by atoms with Crippen LogP contribution in [0.5, 0.6) is 0 Å². The van der Waals surface area contributed by atoms with E-state index in [4.69, 9.17) is 29.3 Å². The fourth-order valence-corrected chi connectivity index (χ4v) is 2.76. The summed E-state index contributed by atoms with van der Waals surface area (Å²) in [5.74, 6) is -2.48. The number of aryl methyl sites for hydroxylation is 2. The number of carboxylic acids is 2. The van der Waals surface area contributed by atoms with Crippen LogP contribution < -0.4 is 5.32 Å². The van der Waals surface area contributed by atoms with Gasteiger partial charge in [-0.3, -0.25) is 9.97 Å². The third-order valence-corrected chi connectivity index (χ3v) is 4.33. The number of rotatable bonds is 5. The molecule has 4 rings (SSSR count). The van der Waals surface area contributed by atoms with Crippen molar-refractivity contribution in [1.29, 1.82) is 0 Å². The minimum absolute atomic E-state index is 0.532. The fourth-order valence-electron chi connectivity index (χ4n) is 2.76. The van der Waals surface area contributed by atoms with Crippen LogP contribution in [-0.2, 0) is 16.1 Å². The first-order chi connectivity index (χ1) is 15.8. The molecule has 168 valence electrons. The number of nitrogens with one attached hydrogen (secondary N) is 1. The topological polar surface area (TPSA) is 164 Å². The van der Waals surface area contributed by atoms with E-state index in [2.05, 4.69) is 25.4 Å². The predicted molar refractivity (Wildman–Crippen MR) is 117 cm³/mol. The van der Waals surface area contributed by atoms with Crippen LogP contribution in [0.4, 0.5) is 5.95 Å². The highest BCUT2D eigenvalue weighted by atomic mass is 16.5. The molecular formula is C22H20N6O5. The van der Waals surface area contributed by atoms with E-state index in [0.717, 1.165) is 33.8 Å². The summed E-state index contributed by atoms with van der Waals surface area (Å²) in [5.41, 5.74) is 5.25. The van der Waals surface area contributed by atoms with Gasteiger partial charge < -0.3 is 20.1 Å². The molecule has 11 nitrogen and oxygen atoms in total. The zero-order valence-corrected chi connectivity index (χ0v) is 17.8. The molecule has 0 amide bonds. The maximum Gasteiger partial charge on any atom is 0.414 e. The normalized spacial score (nSPS) is 10.1. The Balaban J connectivity index is 0.000000454. The van der Waals surface area contributed by atoms with E-state index in [1.165, 1.54) is 0 Å². The molecule has 0 aliphatic heterocycles. The molecular weight excluding hydrogens is 428 g/mol. The van der Waals surface area contributed by atoms with Gasteiger partial charge in [-0.1, -0.05) is 5.16 Å². The Morgan fingerprint density at radius 1 is 1.00 bits per heavy atom. The lowest BCUT2D eigenvalue weighted by Crippen LogP contribution is -2.09. The second-order valence-corrected chi connectivity index (χ2v) is 6.74. The van der Waals surface area contributed by atoms with E-state index in [1.54, 1.807) is 24.8 Å². The Morgan fingerprint density at radius 3 is 2.33 bits per heavy atom. The van der Waals surface area contributed by atoms with Gasteiger partial charge in [-0.05, 0) is 43.7 Å². The lowest BCUT2D eigenvalue weighted by atomic mass is 10.0. The highest BCUT2D eigenvalue weighted by Gasteiger charge is 2.17. The summed E-state index contributed by atoms with van der Waals surface area (Å²) < 4.78 is 5.44. The molecule has 0 atom stereocenters. The molecule has 4 heterocycles. The molecule has 0 aromatic carbocycles. The summed E-state index contributed by atoms with van der Waals surface area (Å²) in [6, 6.07) is 9.65. The average Bonchev–Trinajstić information content (AvgIpc) is 3.25. The van der Waals surface area contributed by atoms with Crippen LogP contribution in [0.1, 0.15) is 17.0 Å². The Hall–Kier alpha value is -4.67. The van der Waals surface area contributed by atoms with Crippen LogP contribution in [0.3, 0.4) is 0 Å². The van der Waals surface area contributed by atoms with Gasteiger partial charge in [0.1, 0.15) is 0 Å². The molecule has 0 bridgehead atoms. The highest BCUT2D eigenvalue weighted by Crippen LogP contribution is 2.32. The SMILES string of the molecule is Cc1cc(-c2cnc(NCc3ccncc3)nc2-c2cccnc2C)on1.O=C(O)C(=O)O. The van der Waals surface area contributed by atoms with E-state index in [1.807, 2.05) is 44.2 Å². The molecule has 4 aromatic heterocycles. The first-order valence-electron chi connectivity index (χ1n) is 9.67. The number of pyridine rings is 2. The van der Waals surface area contributed by atoms with Gasteiger partial charge in [0.15, 0.2) is 5.76 Å². The first kappa shape index (κ1) is 23.0. The predicted octanol–water partition coefficient (Wildman–Crippen LogP) is 2.97. The van der Waals surface area contributed by atoms with Crippen LogP contribution in [0.15, 0.2) is 59.6 Å². The fraction of sp³-hybridized carbons (Fsp3) is 0.136. The summed E-state index contributed by atoms with van der Waals surface area (Å²) in [6.07, 6.45) is 7.04. The van der Waals surface area contributed by atoms with Gasteiger partial charge in [0.25, 0.3) is 0 Å². The summed E-state index contributed by atoms with van der Waals surface area (Å²) >= 11 is 0. The zero-order chi connectivity index (χ0) is 23.8. The minimum atomic E-state index is -1.82. The van der Waals surface area contributed by atoms with E-state index in [9.17, 15) is 0 Å². The molecule has 3 N–H and O–H groups in total. The van der Waals surface area contributed by atoms with Gasteiger partial charge in [0, 0.05) is 48.7 Å². The molecule has 33 heavy (non-hydrogen) atoms. The van der Waals surface area contributed by atoms with Gasteiger partial charge in [-0.2, -0.15) is 0 Å². The van der Waals surface area contributed by atoms with Crippen molar-refractivity contribution in [2.24, 2.45) is 0 Å². The number of nitrogens with zero attached hydrogens (tertiary/aromatic N) is 5. The van der Waals surface area contributed by atoms with Crippen molar-refractivity contribution in [2.45, 2.75) is 20.4 Å². The smallest absolute Gasteiger partial charge is 0.414 e. The molecule has 0 aliphatic carbocycles. The van der Waals surface area contributed by atoms with Gasteiger partial charge in [-0.15, -0.1) is 0 Å². The van der Waals surface area contributed by atoms with Crippen molar-refractivity contribution < 1.29 is 24.3 Å². The highest BCUT2D eigenvalue weighted by molar-refractivity contribution is 6.27. The van der Waals surface area contributed by atoms with E-state index >= 15 is 0 Å². The second-order valence-electron chi connectivity index (χ2n) is 6.74. The number of hydrogen-bond donors (Lipinski definition) is 3. The molecule has 0 saturated carbocycles. The van der Waals surface area contributed by atoms with Gasteiger partial charge in [0.2, 0.25) is 5.95 Å². The second kappa shape index (κ2) is 10.6. The Labute approximate surface area is 188 Å². The van der Waals surface area contributed by atoms with Crippen molar-refractivity contribution >= 4 is 17.9 Å². The number of carbonyl (C=O) groups is 2. The number of hydrogen-bond acceptors (Lipinski definition) is 9. The number of aromatic nitrogens is 5. The molecule has 0 fully saturated rings. The summed E-state index contributed by atoms with van der Waals surface area (Å²) in [7, 11) is 0. The van der Waals surface area contributed by atoms with E-state index in [0.29, 0.717) is 18.3 Å². The van der Waals surface area contributed by atoms with Crippen LogP contribution >= 0.6 is 0 Å². The van der Waals surface area contributed by atoms with Crippen molar-refractivity contribution in [2.75, 3.05) is 5.32 Å². The molecule has 0 aliphatic rings. The maximum atomic E-state index is 9.10.